The molecule has 0 atom stereocenters. The lowest BCUT2D eigenvalue weighted by Crippen LogP contribution is -2.46. The Bertz CT molecular complexity index is 1190. The molecule has 0 bridgehead atoms. The van der Waals surface area contributed by atoms with Crippen LogP contribution in [0.25, 0.3) is 0 Å². The normalized spacial score (nSPS) is 16.4. The van der Waals surface area contributed by atoms with Gasteiger partial charge in [0.15, 0.2) is 5.17 Å². The molecule has 0 unspecified atom stereocenters. The Morgan fingerprint density at radius 3 is 2.48 bits per heavy atom. The van der Waals surface area contributed by atoms with E-state index < -0.39 is 0 Å². The Kier molecular flexibility index (Phi) is 6.34. The predicted molar refractivity (Wildman–Crippen MR) is 132 cm³/mol. The van der Waals surface area contributed by atoms with Gasteiger partial charge >= 0.3 is 0 Å². The average Bonchev–Trinajstić information content (AvgIpc) is 3.26. The van der Waals surface area contributed by atoms with Gasteiger partial charge < -0.3 is 9.26 Å². The summed E-state index contributed by atoms with van der Waals surface area (Å²) >= 11 is 1.61. The van der Waals surface area contributed by atoms with E-state index in [4.69, 9.17) is 14.3 Å². The van der Waals surface area contributed by atoms with Crippen molar-refractivity contribution in [1.82, 2.24) is 10.1 Å². The van der Waals surface area contributed by atoms with Crippen LogP contribution in [0.2, 0.25) is 0 Å². The molecule has 0 N–H and O–H groups in total. The summed E-state index contributed by atoms with van der Waals surface area (Å²) in [6.07, 6.45) is 0. The number of nitrogens with zero attached hydrogens (tertiary/aromatic N) is 3. The maximum absolute atomic E-state index is 13.9. The fourth-order valence-corrected chi connectivity index (χ4v) is 5.12. The van der Waals surface area contributed by atoms with Crippen LogP contribution < -0.4 is 4.74 Å². The molecule has 0 aliphatic carbocycles. The van der Waals surface area contributed by atoms with Gasteiger partial charge in [-0.05, 0) is 64.8 Å². The minimum absolute atomic E-state index is 0.121. The highest BCUT2D eigenvalue weighted by Crippen LogP contribution is 2.38. The van der Waals surface area contributed by atoms with Gasteiger partial charge in [0.05, 0.1) is 28.0 Å². The molecule has 1 aliphatic rings. The van der Waals surface area contributed by atoms with Crippen molar-refractivity contribution < 1.29 is 14.1 Å². The second-order valence-corrected chi connectivity index (χ2v) is 9.91. The number of carbonyl (C=O) groups excluding carboxylic acids is 1. The van der Waals surface area contributed by atoms with Crippen LogP contribution in [0.3, 0.4) is 0 Å². The number of aromatic nitrogens is 1. The number of para-hydroxylation sites is 2. The lowest BCUT2D eigenvalue weighted by molar-refractivity contribution is 0.0762. The number of amidine groups is 1. The van der Waals surface area contributed by atoms with Crippen LogP contribution in [0.5, 0.6) is 5.75 Å². The molecule has 0 radical (unpaired) electrons. The van der Waals surface area contributed by atoms with E-state index in [1.807, 2.05) is 69.0 Å². The fourth-order valence-electron chi connectivity index (χ4n) is 3.90. The molecule has 6 nitrogen and oxygen atoms in total. The Hall–Kier alpha value is -3.06. The number of aryl methyl sites for hydroxylation is 4. The van der Waals surface area contributed by atoms with E-state index in [9.17, 15) is 4.79 Å². The van der Waals surface area contributed by atoms with Crippen LogP contribution >= 0.6 is 11.8 Å². The smallest absolute Gasteiger partial charge is 0.264 e. The number of carbonyl (C=O) groups is 1. The molecular formula is C26H29N3O3S. The summed E-state index contributed by atoms with van der Waals surface area (Å²) in [5.41, 5.74) is 4.90. The first-order valence-electron chi connectivity index (χ1n) is 10.9. The van der Waals surface area contributed by atoms with Crippen molar-refractivity contribution in [3.05, 3.63) is 76.2 Å². The molecule has 1 aliphatic heterocycles. The van der Waals surface area contributed by atoms with E-state index in [0.29, 0.717) is 16.5 Å². The van der Waals surface area contributed by atoms with Gasteiger partial charge in [0.25, 0.3) is 5.91 Å². The molecule has 2 heterocycles. The van der Waals surface area contributed by atoms with Crippen molar-refractivity contribution in [2.75, 3.05) is 5.75 Å². The van der Waals surface area contributed by atoms with Crippen LogP contribution in [-0.4, -0.2) is 32.4 Å². The topological polar surface area (TPSA) is 67.9 Å². The van der Waals surface area contributed by atoms with E-state index in [-0.39, 0.29) is 18.1 Å². The zero-order chi connectivity index (χ0) is 23.8. The highest BCUT2D eigenvalue weighted by Gasteiger charge is 2.42. The molecule has 4 rings (SSSR count). The molecule has 0 saturated carbocycles. The third kappa shape index (κ3) is 4.55. The highest BCUT2D eigenvalue weighted by atomic mass is 32.2. The minimum Gasteiger partial charge on any atom is -0.488 e. The SMILES string of the molecule is Cc1cccc(C)c1N=C1SCC(C)(C)N1C(=O)c1ccccc1OCc1c(C)noc1C. The molecule has 1 amide bonds. The van der Waals surface area contributed by atoms with Crippen molar-refractivity contribution in [3.63, 3.8) is 0 Å². The standard InChI is InChI=1S/C26H29N3O3S/c1-16-10-9-11-17(2)23(16)27-25-29(26(5,6)15-33-25)24(30)20-12-7-8-13-22(20)31-14-21-18(3)28-32-19(21)4/h7-13H,14-15H2,1-6H3. The molecule has 1 aromatic heterocycles. The second kappa shape index (κ2) is 9.06. The van der Waals surface area contributed by atoms with E-state index in [0.717, 1.165) is 39.6 Å². The maximum atomic E-state index is 13.9. The lowest BCUT2D eigenvalue weighted by atomic mass is 10.0. The van der Waals surface area contributed by atoms with Gasteiger partial charge in [-0.25, -0.2) is 4.99 Å². The molecule has 172 valence electrons. The summed E-state index contributed by atoms with van der Waals surface area (Å²) < 4.78 is 11.3. The summed E-state index contributed by atoms with van der Waals surface area (Å²) in [4.78, 5) is 20.6. The van der Waals surface area contributed by atoms with Crippen LogP contribution in [0, 0.1) is 27.7 Å². The van der Waals surface area contributed by atoms with E-state index in [2.05, 4.69) is 19.0 Å². The number of hydrogen-bond donors (Lipinski definition) is 0. The molecule has 33 heavy (non-hydrogen) atoms. The van der Waals surface area contributed by atoms with Crippen molar-refractivity contribution in [1.29, 1.82) is 0 Å². The van der Waals surface area contributed by atoms with Crippen molar-refractivity contribution in [2.45, 2.75) is 53.7 Å². The Morgan fingerprint density at radius 1 is 1.12 bits per heavy atom. The van der Waals surface area contributed by atoms with Crippen LogP contribution in [0.4, 0.5) is 5.69 Å². The molecule has 7 heteroatoms. The molecule has 2 aromatic carbocycles. The van der Waals surface area contributed by atoms with Crippen molar-refractivity contribution in [3.8, 4) is 5.75 Å². The van der Waals surface area contributed by atoms with Crippen LogP contribution in [0.15, 0.2) is 52.0 Å². The van der Waals surface area contributed by atoms with E-state index in [1.165, 1.54) is 0 Å². The summed E-state index contributed by atoms with van der Waals surface area (Å²) in [6.45, 7) is 12.2. The predicted octanol–water partition coefficient (Wildman–Crippen LogP) is 6.14. The van der Waals surface area contributed by atoms with Gasteiger partial charge in [-0.3, -0.25) is 9.69 Å². The van der Waals surface area contributed by atoms with Gasteiger partial charge in [-0.1, -0.05) is 47.3 Å². The maximum Gasteiger partial charge on any atom is 0.264 e. The number of ether oxygens (including phenoxy) is 1. The summed E-state index contributed by atoms with van der Waals surface area (Å²) in [5.74, 6) is 1.90. The Morgan fingerprint density at radius 2 is 1.82 bits per heavy atom. The lowest BCUT2D eigenvalue weighted by Gasteiger charge is -2.31. The minimum atomic E-state index is -0.383. The zero-order valence-corrected chi connectivity index (χ0v) is 20.7. The van der Waals surface area contributed by atoms with Crippen molar-refractivity contribution >= 4 is 28.5 Å². The largest absolute Gasteiger partial charge is 0.488 e. The summed E-state index contributed by atoms with van der Waals surface area (Å²) in [5, 5.41) is 4.69. The molecule has 1 fully saturated rings. The van der Waals surface area contributed by atoms with Gasteiger partial charge in [0.1, 0.15) is 18.1 Å². The molecular weight excluding hydrogens is 434 g/mol. The summed E-state index contributed by atoms with van der Waals surface area (Å²) in [6, 6.07) is 13.5. The molecule has 1 saturated heterocycles. The third-order valence-electron chi connectivity index (χ3n) is 5.87. The number of rotatable bonds is 5. The van der Waals surface area contributed by atoms with Crippen LogP contribution in [0.1, 0.15) is 52.3 Å². The Labute approximate surface area is 199 Å². The van der Waals surface area contributed by atoms with E-state index >= 15 is 0 Å². The monoisotopic (exact) mass is 463 g/mol. The first-order chi connectivity index (χ1) is 15.7. The number of amides is 1. The zero-order valence-electron chi connectivity index (χ0n) is 19.9. The second-order valence-electron chi connectivity index (χ2n) is 8.96. The number of benzene rings is 2. The molecule has 3 aromatic rings. The first-order valence-corrected chi connectivity index (χ1v) is 11.9. The molecule has 0 spiro atoms. The van der Waals surface area contributed by atoms with Crippen molar-refractivity contribution in [2.24, 2.45) is 4.99 Å². The quantitative estimate of drug-likeness (QED) is 0.454. The van der Waals surface area contributed by atoms with Gasteiger partial charge in [-0.2, -0.15) is 0 Å². The highest BCUT2D eigenvalue weighted by molar-refractivity contribution is 8.14. The third-order valence-corrected chi connectivity index (χ3v) is 7.25. The Balaban J connectivity index is 1.68. The van der Waals surface area contributed by atoms with Crippen LogP contribution in [-0.2, 0) is 6.61 Å². The van der Waals surface area contributed by atoms with Gasteiger partial charge in [0.2, 0.25) is 0 Å². The fraction of sp³-hybridized carbons (Fsp3) is 0.346. The number of thioether (sulfide) groups is 1. The van der Waals surface area contributed by atoms with Gasteiger partial charge in [-0.15, -0.1) is 0 Å². The number of aliphatic imine (C=N–C) groups is 1. The summed E-state index contributed by atoms with van der Waals surface area (Å²) in [7, 11) is 0. The number of hydrogen-bond acceptors (Lipinski definition) is 6. The average molecular weight is 464 g/mol. The van der Waals surface area contributed by atoms with E-state index in [1.54, 1.807) is 17.8 Å². The first kappa shape index (κ1) is 23.1. The van der Waals surface area contributed by atoms with Gasteiger partial charge in [0, 0.05) is 5.75 Å².